The number of azo groups is 1. The Morgan fingerprint density at radius 1 is 0.913 bits per heavy atom. The number of hydrogen-bond donors (Lipinski definition) is 1. The number of aromatic hydroxyl groups is 1. The van der Waals surface area contributed by atoms with Crippen molar-refractivity contribution in [2.45, 2.75) is 4.90 Å². The molecule has 2 aromatic carbocycles. The summed E-state index contributed by atoms with van der Waals surface area (Å²) in [4.78, 5) is -0.621. The summed E-state index contributed by atoms with van der Waals surface area (Å²) in [7, 11) is -4.72. The molecule has 0 aromatic heterocycles. The van der Waals surface area contributed by atoms with E-state index in [0.29, 0.717) is 0 Å². The van der Waals surface area contributed by atoms with Gasteiger partial charge in [0.15, 0.2) is 0 Å². The number of hydrogen-bond acceptors (Lipinski definition) is 8. The number of nitrogens with zero attached hydrogens (tertiary/aromatic N) is 2. The normalized spacial score (nSPS) is 10.8. The molecule has 23 heavy (non-hydrogen) atoms. The zero-order chi connectivity index (χ0) is 15.6. The van der Waals surface area contributed by atoms with Gasteiger partial charge in [0.2, 0.25) is 0 Å². The van der Waals surface area contributed by atoms with Crippen LogP contribution < -0.4 is 39.8 Å². The minimum atomic E-state index is -4.72. The fourth-order valence-corrected chi connectivity index (χ4v) is 1.91. The van der Waals surface area contributed by atoms with Gasteiger partial charge in [0, 0.05) is 0 Å². The summed E-state index contributed by atoms with van der Waals surface area (Å²) in [6.45, 7) is 0. The van der Waals surface area contributed by atoms with Crippen molar-refractivity contribution in [3.05, 3.63) is 36.4 Å². The molecule has 0 spiro atoms. The maximum absolute atomic E-state index is 11.5. The van der Waals surface area contributed by atoms with Crippen molar-refractivity contribution in [2.75, 3.05) is 0 Å². The molecule has 0 radical (unpaired) electrons. The van der Waals surface area contributed by atoms with Gasteiger partial charge in [-0.3, -0.25) is 0 Å². The molecule has 0 amide bonds. The van der Waals surface area contributed by atoms with Gasteiger partial charge in [-0.25, -0.2) is 8.42 Å². The molecule has 0 atom stereocenters. The Labute approximate surface area is 164 Å². The summed E-state index contributed by atoms with van der Waals surface area (Å²) in [6.07, 6.45) is 0. The van der Waals surface area contributed by atoms with Crippen LogP contribution in [0.2, 0.25) is 0 Å². The molecule has 0 heterocycles. The first kappa shape index (κ1) is 21.9. The van der Waals surface area contributed by atoms with E-state index in [0.717, 1.165) is 24.3 Å². The number of phenolic OH excluding ortho intramolecular Hbond substituents is 1. The van der Waals surface area contributed by atoms with E-state index in [1.165, 1.54) is 12.1 Å². The molecule has 0 aliphatic heterocycles. The van der Waals surface area contributed by atoms with Crippen LogP contribution in [0.15, 0.2) is 51.5 Å². The van der Waals surface area contributed by atoms with Crippen LogP contribution >= 0.6 is 0 Å². The monoisotopic (exact) mass is 386 g/mol. The van der Waals surface area contributed by atoms with Crippen LogP contribution in [-0.4, -0.2) is 18.1 Å². The van der Waals surface area contributed by atoms with Crippen LogP contribution in [0.25, 0.3) is 0 Å². The van der Waals surface area contributed by atoms with E-state index in [1.807, 2.05) is 0 Å². The Kier molecular flexibility index (Phi) is 8.22. The third-order valence-corrected chi connectivity index (χ3v) is 3.26. The topological polar surface area (TPSA) is 148 Å². The number of rotatable bonds is 3. The van der Waals surface area contributed by atoms with Crippen molar-refractivity contribution >= 4 is 21.5 Å². The molecule has 0 fully saturated rings. The first-order valence-electron chi connectivity index (χ1n) is 5.46. The van der Waals surface area contributed by atoms with Gasteiger partial charge in [-0.2, -0.15) is 10.2 Å². The largest absolute Gasteiger partial charge is 2.00 e. The van der Waals surface area contributed by atoms with E-state index < -0.39 is 26.5 Å². The van der Waals surface area contributed by atoms with Gasteiger partial charge < -0.3 is 19.9 Å². The molecule has 116 valence electrons. The van der Waals surface area contributed by atoms with Crippen molar-refractivity contribution in [1.29, 1.82) is 0 Å². The van der Waals surface area contributed by atoms with E-state index >= 15 is 0 Å². The summed E-state index contributed by atoms with van der Waals surface area (Å²) in [5.74, 6) is -1.53. The molecule has 0 saturated carbocycles. The van der Waals surface area contributed by atoms with Gasteiger partial charge in [-0.1, -0.05) is 17.6 Å². The van der Waals surface area contributed by atoms with Crippen molar-refractivity contribution in [3.8, 4) is 17.2 Å². The van der Waals surface area contributed by atoms with Gasteiger partial charge in [0.25, 0.3) is 0 Å². The van der Waals surface area contributed by atoms with Gasteiger partial charge in [-0.15, -0.1) is 0 Å². The van der Waals surface area contributed by atoms with Gasteiger partial charge in [0.1, 0.15) is 15.9 Å². The fraction of sp³-hybridized carbons (Fsp3) is 0. The van der Waals surface area contributed by atoms with Crippen molar-refractivity contribution < 1.29 is 74.9 Å². The second kappa shape index (κ2) is 8.65. The van der Waals surface area contributed by atoms with E-state index in [2.05, 4.69) is 10.2 Å². The van der Waals surface area contributed by atoms with Crippen molar-refractivity contribution in [2.24, 2.45) is 10.2 Å². The standard InChI is InChI=1S/C12H10N2O6S.Fe.Na/c15-7-1-3-9(12(17)5-7)13-14-10-6-8(21(18,19)20)2-4-11(10)16;;/h1-6,15-17H,(H,18,19,20);;/q;+2;+1/p-3. The maximum Gasteiger partial charge on any atom is 2.00 e. The molecule has 0 aliphatic rings. The SMILES string of the molecule is O=S(=O)([O-])c1ccc([O-])c(N=Nc2ccc(O)cc2[O-])c1.[Fe+2].[Na+]. The minimum absolute atomic E-state index is 0. The van der Waals surface area contributed by atoms with Crippen molar-refractivity contribution in [1.82, 2.24) is 0 Å². The quantitative estimate of drug-likeness (QED) is 0.362. The molecule has 2 aromatic rings. The molecule has 11 heteroatoms. The molecule has 0 unspecified atom stereocenters. The van der Waals surface area contributed by atoms with Crippen LogP contribution in [0.4, 0.5) is 11.4 Å². The Morgan fingerprint density at radius 2 is 1.52 bits per heavy atom. The average molecular weight is 386 g/mol. The Morgan fingerprint density at radius 3 is 2.09 bits per heavy atom. The molecule has 8 nitrogen and oxygen atoms in total. The van der Waals surface area contributed by atoms with Crippen LogP contribution in [0.1, 0.15) is 0 Å². The predicted molar refractivity (Wildman–Crippen MR) is 65.6 cm³/mol. The summed E-state index contributed by atoms with van der Waals surface area (Å²) >= 11 is 0. The van der Waals surface area contributed by atoms with E-state index in [4.69, 9.17) is 5.11 Å². The molecule has 2 rings (SSSR count). The minimum Gasteiger partial charge on any atom is -0.871 e. The molecule has 0 saturated heterocycles. The summed E-state index contributed by atoms with van der Waals surface area (Å²) in [6, 6.07) is 5.80. The predicted octanol–water partition coefficient (Wildman–Crippen LogP) is -2.14. The Balaban J connectivity index is 0.00000242. The Hall–Kier alpha value is -1.13. The van der Waals surface area contributed by atoms with E-state index in [-0.39, 0.29) is 63.8 Å². The van der Waals surface area contributed by atoms with Gasteiger partial charge in [0.05, 0.1) is 16.3 Å². The Bertz CT molecular complexity index is 828. The van der Waals surface area contributed by atoms with Gasteiger partial charge >= 0.3 is 46.6 Å². The molecular weight excluding hydrogens is 379 g/mol. The number of phenols is 1. The van der Waals surface area contributed by atoms with Crippen LogP contribution in [0, 0.1) is 0 Å². The molecule has 0 aliphatic carbocycles. The van der Waals surface area contributed by atoms with Crippen LogP contribution in [0.3, 0.4) is 0 Å². The first-order chi connectivity index (χ1) is 9.77. The zero-order valence-electron chi connectivity index (χ0n) is 11.6. The van der Waals surface area contributed by atoms with Crippen LogP contribution in [-0.2, 0) is 27.2 Å². The fourth-order valence-electron chi connectivity index (χ4n) is 1.42. The second-order valence-corrected chi connectivity index (χ2v) is 5.32. The second-order valence-electron chi connectivity index (χ2n) is 3.94. The molecule has 0 bridgehead atoms. The molecular formula is C12H7FeN2NaO6S. The molecule has 1 N–H and O–H groups in total. The average Bonchev–Trinajstić information content (AvgIpc) is 2.38. The summed E-state index contributed by atoms with van der Waals surface area (Å²) < 4.78 is 32.6. The smallest absolute Gasteiger partial charge is 0.871 e. The summed E-state index contributed by atoms with van der Waals surface area (Å²) in [5.41, 5.74) is -0.540. The number of benzene rings is 2. The third-order valence-electron chi connectivity index (χ3n) is 2.43. The zero-order valence-corrected chi connectivity index (χ0v) is 15.5. The van der Waals surface area contributed by atoms with Crippen molar-refractivity contribution in [3.63, 3.8) is 0 Å². The van der Waals surface area contributed by atoms with E-state index in [1.54, 1.807) is 0 Å². The third kappa shape index (κ3) is 5.78. The maximum atomic E-state index is 11.5. The first-order valence-corrected chi connectivity index (χ1v) is 6.87. The van der Waals surface area contributed by atoms with E-state index in [9.17, 15) is 23.2 Å². The summed E-state index contributed by atoms with van der Waals surface area (Å²) in [5, 5.41) is 39.0. The van der Waals surface area contributed by atoms with Crippen LogP contribution in [0.5, 0.6) is 17.2 Å². The van der Waals surface area contributed by atoms with Gasteiger partial charge in [-0.05, 0) is 30.3 Å².